The Labute approximate surface area is 83.5 Å². The lowest BCUT2D eigenvalue weighted by Gasteiger charge is -2.13. The fourth-order valence-electron chi connectivity index (χ4n) is 0.784. The topological polar surface area (TPSA) is 72.6 Å². The number of ether oxygens (including phenoxy) is 1. The third kappa shape index (κ3) is 5.18. The van der Waals surface area contributed by atoms with Crippen LogP contribution in [-0.4, -0.2) is 36.9 Å². The van der Waals surface area contributed by atoms with E-state index in [9.17, 15) is 9.59 Å². The van der Waals surface area contributed by atoms with E-state index >= 15 is 0 Å². The van der Waals surface area contributed by atoms with Crippen LogP contribution in [0.5, 0.6) is 0 Å². The number of hydrogen-bond donors (Lipinski definition) is 1. The van der Waals surface area contributed by atoms with Crippen molar-refractivity contribution in [2.45, 2.75) is 13.8 Å². The molecule has 0 spiro atoms. The van der Waals surface area contributed by atoms with Gasteiger partial charge in [0.2, 0.25) is 0 Å². The number of ketones is 1. The minimum atomic E-state index is -0.345. The molecule has 5 heteroatoms. The second-order valence-corrected chi connectivity index (χ2v) is 2.86. The molecule has 0 rings (SSSR count). The number of rotatable bonds is 5. The molecule has 0 aliphatic rings. The molecule has 0 aliphatic carbocycles. The van der Waals surface area contributed by atoms with E-state index in [4.69, 9.17) is 10.5 Å². The number of hydrogen-bond acceptors (Lipinski definition) is 5. The van der Waals surface area contributed by atoms with Crippen LogP contribution in [0.1, 0.15) is 13.8 Å². The molecule has 2 N–H and O–H groups in total. The van der Waals surface area contributed by atoms with Gasteiger partial charge in [-0.05, 0) is 6.92 Å². The smallest absolute Gasteiger partial charge is 0.325 e. The van der Waals surface area contributed by atoms with Crippen molar-refractivity contribution >= 4 is 11.8 Å². The van der Waals surface area contributed by atoms with Gasteiger partial charge in [0.15, 0.2) is 5.78 Å². The number of nitrogens with zero attached hydrogens (tertiary/aromatic N) is 1. The summed E-state index contributed by atoms with van der Waals surface area (Å²) in [5.74, 6) is -0.566. The van der Waals surface area contributed by atoms with Crippen LogP contribution in [0, 0.1) is 0 Å². The largest absolute Gasteiger partial charge is 0.465 e. The first kappa shape index (κ1) is 12.5. The van der Waals surface area contributed by atoms with Crippen molar-refractivity contribution in [3.05, 3.63) is 11.9 Å². The molecule has 0 aliphatic heterocycles. The standard InChI is InChI=1S/C9H16N2O3/c1-4-14-9(13)6-11(3)5-8(10)7(2)12/h5H,4,6,10H2,1-3H3. The Morgan fingerprint density at radius 2 is 2.07 bits per heavy atom. The SMILES string of the molecule is CCOC(=O)CN(C)C=C(N)C(C)=O. The first-order valence-corrected chi connectivity index (χ1v) is 4.31. The van der Waals surface area contributed by atoms with Crippen molar-refractivity contribution in [3.63, 3.8) is 0 Å². The number of carbonyl (C=O) groups is 2. The maximum atomic E-state index is 11.0. The summed E-state index contributed by atoms with van der Waals surface area (Å²) < 4.78 is 4.72. The molecular formula is C9H16N2O3. The second-order valence-electron chi connectivity index (χ2n) is 2.86. The Balaban J connectivity index is 4.09. The molecule has 0 saturated heterocycles. The normalized spacial score (nSPS) is 10.9. The second kappa shape index (κ2) is 6.01. The van der Waals surface area contributed by atoms with E-state index in [1.54, 1.807) is 14.0 Å². The van der Waals surface area contributed by atoms with Crippen LogP contribution in [0.4, 0.5) is 0 Å². The van der Waals surface area contributed by atoms with E-state index in [-0.39, 0.29) is 24.0 Å². The Morgan fingerprint density at radius 3 is 2.50 bits per heavy atom. The van der Waals surface area contributed by atoms with Gasteiger partial charge in [-0.2, -0.15) is 0 Å². The Hall–Kier alpha value is -1.52. The average Bonchev–Trinajstić information content (AvgIpc) is 2.03. The van der Waals surface area contributed by atoms with Crippen molar-refractivity contribution in [2.75, 3.05) is 20.2 Å². The van der Waals surface area contributed by atoms with Crippen molar-refractivity contribution in [2.24, 2.45) is 5.73 Å². The van der Waals surface area contributed by atoms with Gasteiger partial charge in [0.25, 0.3) is 0 Å². The molecule has 0 aromatic heterocycles. The highest BCUT2D eigenvalue weighted by Gasteiger charge is 2.05. The fraction of sp³-hybridized carbons (Fsp3) is 0.556. The minimum absolute atomic E-state index is 0.0851. The predicted molar refractivity (Wildman–Crippen MR) is 52.2 cm³/mol. The van der Waals surface area contributed by atoms with Gasteiger partial charge in [-0.1, -0.05) is 0 Å². The summed E-state index contributed by atoms with van der Waals surface area (Å²) in [6, 6.07) is 0. The Morgan fingerprint density at radius 1 is 1.50 bits per heavy atom. The van der Waals surface area contributed by atoms with E-state index in [1.165, 1.54) is 18.0 Å². The Bertz CT molecular complexity index is 248. The lowest BCUT2D eigenvalue weighted by molar-refractivity contribution is -0.143. The van der Waals surface area contributed by atoms with Crippen LogP contribution in [-0.2, 0) is 14.3 Å². The highest BCUT2D eigenvalue weighted by Crippen LogP contribution is 1.92. The van der Waals surface area contributed by atoms with Gasteiger partial charge in [-0.25, -0.2) is 0 Å². The molecule has 0 fully saturated rings. The van der Waals surface area contributed by atoms with Gasteiger partial charge in [0, 0.05) is 20.2 Å². The predicted octanol–water partition coefficient (Wildman–Crippen LogP) is -0.130. The van der Waals surface area contributed by atoms with Gasteiger partial charge in [0.05, 0.1) is 12.3 Å². The molecule has 0 atom stereocenters. The summed E-state index contributed by atoms with van der Waals surface area (Å²) in [6.07, 6.45) is 1.42. The first-order chi connectivity index (χ1) is 6.47. The number of Topliss-reactive ketones (excluding diaryl/α,β-unsaturated/α-hetero) is 1. The number of allylic oxidation sites excluding steroid dienone is 1. The minimum Gasteiger partial charge on any atom is -0.465 e. The molecular weight excluding hydrogens is 184 g/mol. The highest BCUT2D eigenvalue weighted by atomic mass is 16.5. The molecule has 0 aromatic rings. The van der Waals surface area contributed by atoms with Crippen LogP contribution in [0.3, 0.4) is 0 Å². The molecule has 5 nitrogen and oxygen atoms in total. The summed E-state index contributed by atoms with van der Waals surface area (Å²) >= 11 is 0. The van der Waals surface area contributed by atoms with E-state index in [1.807, 2.05) is 0 Å². The average molecular weight is 200 g/mol. The van der Waals surface area contributed by atoms with Gasteiger partial charge in [-0.15, -0.1) is 0 Å². The van der Waals surface area contributed by atoms with Crippen LogP contribution in [0.25, 0.3) is 0 Å². The van der Waals surface area contributed by atoms with E-state index in [2.05, 4.69) is 0 Å². The van der Waals surface area contributed by atoms with Crippen LogP contribution >= 0.6 is 0 Å². The maximum absolute atomic E-state index is 11.0. The number of likely N-dealkylation sites (N-methyl/N-ethyl adjacent to an activating group) is 1. The molecule has 80 valence electrons. The lowest BCUT2D eigenvalue weighted by atomic mass is 10.3. The maximum Gasteiger partial charge on any atom is 0.325 e. The van der Waals surface area contributed by atoms with E-state index < -0.39 is 0 Å². The molecule has 0 unspecified atom stereocenters. The fourth-order valence-corrected chi connectivity index (χ4v) is 0.784. The zero-order valence-corrected chi connectivity index (χ0v) is 8.74. The summed E-state index contributed by atoms with van der Waals surface area (Å²) in [4.78, 5) is 23.2. The van der Waals surface area contributed by atoms with Crippen LogP contribution in [0.15, 0.2) is 11.9 Å². The molecule has 0 heterocycles. The zero-order valence-electron chi connectivity index (χ0n) is 8.74. The lowest BCUT2D eigenvalue weighted by Crippen LogP contribution is -2.25. The third-order valence-electron chi connectivity index (χ3n) is 1.45. The molecule has 0 aromatic carbocycles. The van der Waals surface area contributed by atoms with Gasteiger partial charge in [-0.3, -0.25) is 9.59 Å². The van der Waals surface area contributed by atoms with Gasteiger partial charge >= 0.3 is 5.97 Å². The van der Waals surface area contributed by atoms with Crippen molar-refractivity contribution in [1.82, 2.24) is 4.90 Å². The van der Waals surface area contributed by atoms with Crippen molar-refractivity contribution < 1.29 is 14.3 Å². The van der Waals surface area contributed by atoms with E-state index in [0.717, 1.165) is 0 Å². The summed E-state index contributed by atoms with van der Waals surface area (Å²) in [5.41, 5.74) is 5.51. The number of nitrogens with two attached hydrogens (primary N) is 1. The molecule has 0 amide bonds. The summed E-state index contributed by atoms with van der Waals surface area (Å²) in [6.45, 7) is 3.53. The number of esters is 1. The number of carbonyl (C=O) groups excluding carboxylic acids is 2. The summed E-state index contributed by atoms with van der Waals surface area (Å²) in [5, 5.41) is 0. The molecule has 0 bridgehead atoms. The van der Waals surface area contributed by atoms with Crippen molar-refractivity contribution in [1.29, 1.82) is 0 Å². The van der Waals surface area contributed by atoms with Crippen molar-refractivity contribution in [3.8, 4) is 0 Å². The molecule has 0 radical (unpaired) electrons. The molecule has 14 heavy (non-hydrogen) atoms. The van der Waals surface area contributed by atoms with Crippen LogP contribution < -0.4 is 5.73 Å². The quantitative estimate of drug-likeness (QED) is 0.494. The Kier molecular flexibility index (Phi) is 5.36. The van der Waals surface area contributed by atoms with Gasteiger partial charge in [0.1, 0.15) is 6.54 Å². The summed E-state index contributed by atoms with van der Waals surface area (Å²) in [7, 11) is 1.65. The monoisotopic (exact) mass is 200 g/mol. The zero-order chi connectivity index (χ0) is 11.1. The van der Waals surface area contributed by atoms with Crippen LogP contribution in [0.2, 0.25) is 0 Å². The van der Waals surface area contributed by atoms with E-state index in [0.29, 0.717) is 6.61 Å². The van der Waals surface area contributed by atoms with Gasteiger partial charge < -0.3 is 15.4 Å². The first-order valence-electron chi connectivity index (χ1n) is 4.31. The third-order valence-corrected chi connectivity index (χ3v) is 1.45. The molecule has 0 saturated carbocycles. The highest BCUT2D eigenvalue weighted by molar-refractivity contribution is 5.92.